The van der Waals surface area contributed by atoms with E-state index in [4.69, 9.17) is 14.2 Å². The molecule has 0 spiro atoms. The summed E-state index contributed by atoms with van der Waals surface area (Å²) in [4.78, 5) is 2.42. The summed E-state index contributed by atoms with van der Waals surface area (Å²) in [5.41, 5.74) is 10.3. The average molecular weight is 691 g/mol. The largest absolute Gasteiger partial charge is 0.493 e. The van der Waals surface area contributed by atoms with Crippen molar-refractivity contribution in [2.45, 2.75) is 116 Å². The molecule has 0 fully saturated rings. The highest BCUT2D eigenvalue weighted by molar-refractivity contribution is 7.14. The molecule has 0 amide bonds. The van der Waals surface area contributed by atoms with Crippen LogP contribution in [0.4, 0.5) is 0 Å². The minimum absolute atomic E-state index is 0. The molecule has 4 aliphatic rings. The van der Waals surface area contributed by atoms with Crippen LogP contribution >= 0.6 is 11.3 Å². The molecule has 0 bridgehead atoms. The Hall–Kier alpha value is -2.86. The van der Waals surface area contributed by atoms with Gasteiger partial charge in [0, 0.05) is 33.9 Å². The SMILES string of the molecule is CC.CC.COC1C(C)=C/C(=C(/C2=CCO2)c2ccc(C(C3=CC(C)CO3)=C3C=C(C(C)(C)C)CC(C(C)(C)C)=C3)s2)C=C1C(C)(C)C.O. The lowest BCUT2D eigenvalue weighted by atomic mass is 9.72. The van der Waals surface area contributed by atoms with Gasteiger partial charge in [-0.3, -0.25) is 0 Å². The highest BCUT2D eigenvalue weighted by Crippen LogP contribution is 2.47. The molecular formula is C44H66O4S. The molecule has 2 N–H and O–H groups in total. The van der Waals surface area contributed by atoms with Gasteiger partial charge < -0.3 is 19.7 Å². The predicted octanol–water partition coefficient (Wildman–Crippen LogP) is 12.2. The maximum absolute atomic E-state index is 6.40. The molecule has 2 atom stereocenters. The first-order valence-corrected chi connectivity index (χ1v) is 18.9. The summed E-state index contributed by atoms with van der Waals surface area (Å²) in [6.45, 7) is 34.6. The number of allylic oxidation sites excluding steroid dienone is 10. The van der Waals surface area contributed by atoms with Crippen molar-refractivity contribution in [2.75, 3.05) is 20.3 Å². The third kappa shape index (κ3) is 9.68. The van der Waals surface area contributed by atoms with Crippen LogP contribution in [0.5, 0.6) is 0 Å². The van der Waals surface area contributed by atoms with Crippen molar-refractivity contribution >= 4 is 22.5 Å². The smallest absolute Gasteiger partial charge is 0.128 e. The Morgan fingerprint density at radius 2 is 1.22 bits per heavy atom. The van der Waals surface area contributed by atoms with Crippen LogP contribution in [0.2, 0.25) is 0 Å². The maximum Gasteiger partial charge on any atom is 0.128 e. The molecule has 5 rings (SSSR count). The number of methoxy groups -OCH3 is 1. The van der Waals surface area contributed by atoms with Crippen LogP contribution in [-0.2, 0) is 14.2 Å². The van der Waals surface area contributed by atoms with E-state index in [-0.39, 0.29) is 27.8 Å². The third-order valence-corrected chi connectivity index (χ3v) is 10.2. The van der Waals surface area contributed by atoms with Crippen LogP contribution < -0.4 is 0 Å². The van der Waals surface area contributed by atoms with Gasteiger partial charge in [-0.1, -0.05) is 132 Å². The van der Waals surface area contributed by atoms with Crippen molar-refractivity contribution in [1.82, 2.24) is 0 Å². The van der Waals surface area contributed by atoms with Crippen molar-refractivity contribution in [3.05, 3.63) is 103 Å². The molecule has 1 aromatic heterocycles. The van der Waals surface area contributed by atoms with E-state index in [9.17, 15) is 0 Å². The molecule has 0 saturated heterocycles. The number of rotatable bonds is 5. The van der Waals surface area contributed by atoms with E-state index >= 15 is 0 Å². The summed E-state index contributed by atoms with van der Waals surface area (Å²) in [6.07, 6.45) is 15.0. The van der Waals surface area contributed by atoms with Gasteiger partial charge >= 0.3 is 0 Å². The van der Waals surface area contributed by atoms with E-state index in [0.29, 0.717) is 12.5 Å². The summed E-state index contributed by atoms with van der Waals surface area (Å²) in [5.74, 6) is 2.34. The van der Waals surface area contributed by atoms with E-state index in [1.54, 1.807) is 7.11 Å². The molecule has 2 aliphatic carbocycles. The molecule has 49 heavy (non-hydrogen) atoms. The minimum Gasteiger partial charge on any atom is -0.493 e. The van der Waals surface area contributed by atoms with Crippen molar-refractivity contribution in [2.24, 2.45) is 22.2 Å². The van der Waals surface area contributed by atoms with E-state index in [0.717, 1.165) is 30.1 Å². The van der Waals surface area contributed by atoms with Gasteiger partial charge in [-0.2, -0.15) is 0 Å². The Bertz CT molecular complexity index is 1540. The molecule has 2 aliphatic heterocycles. The lowest BCUT2D eigenvalue weighted by molar-refractivity contribution is 0.141. The van der Waals surface area contributed by atoms with Crippen LogP contribution in [-0.4, -0.2) is 31.9 Å². The molecule has 1 aromatic rings. The molecule has 272 valence electrons. The van der Waals surface area contributed by atoms with E-state index in [1.807, 2.05) is 39.0 Å². The standard InChI is InChI=1S/C40H52O3S.2C2H6.H2O/c1-24-17-32(43-23-24)36(27-19-28(38(3,4)5)22-29(20-27)39(6,7)8)34-14-13-33(44-34)35(31-15-16-42-31)26-18-25(2)37(41-12)30(21-26)40(9,10)11;2*1-2;/h13-15,17-21,24,37H,16,22-23H2,1-12H3;2*1-2H3;1H2/b35-26+;;;. The first kappa shape index (κ1) is 42.3. The van der Waals surface area contributed by atoms with E-state index in [1.165, 1.54) is 48.8 Å². The predicted molar refractivity (Wildman–Crippen MR) is 213 cm³/mol. The Morgan fingerprint density at radius 3 is 1.61 bits per heavy atom. The fourth-order valence-electron chi connectivity index (χ4n) is 6.24. The number of hydrogen-bond acceptors (Lipinski definition) is 4. The van der Waals surface area contributed by atoms with Crippen LogP contribution in [0.15, 0.2) is 93.5 Å². The zero-order valence-electron chi connectivity index (χ0n) is 33.5. The van der Waals surface area contributed by atoms with Crippen LogP contribution in [0.1, 0.15) is 120 Å². The van der Waals surface area contributed by atoms with Crippen molar-refractivity contribution in [3.8, 4) is 0 Å². The average Bonchev–Trinajstić information content (AvgIpc) is 3.64. The maximum atomic E-state index is 6.40. The summed E-state index contributed by atoms with van der Waals surface area (Å²) in [5, 5.41) is 0. The van der Waals surface area contributed by atoms with Gasteiger partial charge in [0.1, 0.15) is 24.2 Å². The fourth-order valence-corrected chi connectivity index (χ4v) is 7.39. The van der Waals surface area contributed by atoms with Gasteiger partial charge in [-0.15, -0.1) is 11.3 Å². The monoisotopic (exact) mass is 690 g/mol. The molecule has 5 heteroatoms. The lowest BCUT2D eigenvalue weighted by Crippen LogP contribution is -2.27. The van der Waals surface area contributed by atoms with Gasteiger partial charge in [0.25, 0.3) is 0 Å². The van der Waals surface area contributed by atoms with E-state index in [2.05, 4.69) is 125 Å². The molecule has 3 heterocycles. The summed E-state index contributed by atoms with van der Waals surface area (Å²) in [6, 6.07) is 4.55. The second-order valence-electron chi connectivity index (χ2n) is 15.9. The highest BCUT2D eigenvalue weighted by atomic mass is 32.1. The summed E-state index contributed by atoms with van der Waals surface area (Å²) >= 11 is 1.83. The molecule has 0 saturated carbocycles. The van der Waals surface area contributed by atoms with E-state index < -0.39 is 0 Å². The molecule has 2 unspecified atom stereocenters. The summed E-state index contributed by atoms with van der Waals surface area (Å²) < 4.78 is 18.4. The molecule has 0 radical (unpaired) electrons. The molecular weight excluding hydrogens is 625 g/mol. The Labute approximate surface area is 303 Å². The number of hydrogen-bond donors (Lipinski definition) is 0. The third-order valence-electron chi connectivity index (χ3n) is 9.07. The highest BCUT2D eigenvalue weighted by Gasteiger charge is 2.33. The first-order chi connectivity index (χ1) is 22.5. The van der Waals surface area contributed by atoms with Gasteiger partial charge in [0.15, 0.2) is 0 Å². The van der Waals surface area contributed by atoms with Gasteiger partial charge in [-0.25, -0.2) is 0 Å². The lowest BCUT2D eigenvalue weighted by Gasteiger charge is -2.34. The quantitative estimate of drug-likeness (QED) is 0.309. The Balaban J connectivity index is 0.00000161. The second-order valence-corrected chi connectivity index (χ2v) is 17.0. The second kappa shape index (κ2) is 16.9. The minimum atomic E-state index is -0.0300. The zero-order chi connectivity index (χ0) is 36.2. The van der Waals surface area contributed by atoms with Gasteiger partial charge in [0.05, 0.1) is 6.61 Å². The van der Waals surface area contributed by atoms with Crippen molar-refractivity contribution in [3.63, 3.8) is 0 Å². The Morgan fingerprint density at radius 1 is 0.735 bits per heavy atom. The number of thiophene rings is 1. The Kier molecular flexibility index (Phi) is 14.6. The van der Waals surface area contributed by atoms with Crippen LogP contribution in [0.3, 0.4) is 0 Å². The van der Waals surface area contributed by atoms with Crippen molar-refractivity contribution in [1.29, 1.82) is 0 Å². The van der Waals surface area contributed by atoms with Crippen LogP contribution in [0.25, 0.3) is 11.1 Å². The summed E-state index contributed by atoms with van der Waals surface area (Å²) in [7, 11) is 1.81. The topological polar surface area (TPSA) is 59.2 Å². The van der Waals surface area contributed by atoms with Gasteiger partial charge in [-0.05, 0) is 76.2 Å². The first-order valence-electron chi connectivity index (χ1n) is 18.1. The van der Waals surface area contributed by atoms with Gasteiger partial charge in [0.2, 0.25) is 0 Å². The van der Waals surface area contributed by atoms with Crippen molar-refractivity contribution < 1.29 is 19.7 Å². The zero-order valence-corrected chi connectivity index (χ0v) is 34.3. The number of ether oxygens (including phenoxy) is 3. The normalized spacial score (nSPS) is 21.6. The molecule has 0 aromatic carbocycles. The van der Waals surface area contributed by atoms with Crippen LogP contribution in [0, 0.1) is 22.2 Å². The fraction of sp³-hybridized carbons (Fsp3) is 0.545. The molecule has 4 nitrogen and oxygen atoms in total.